The van der Waals surface area contributed by atoms with Gasteiger partial charge in [0.1, 0.15) is 11.5 Å². The monoisotopic (exact) mass is 501 g/mol. The zero-order chi connectivity index (χ0) is 26.0. The van der Waals surface area contributed by atoms with Gasteiger partial charge in [-0.3, -0.25) is 4.79 Å². The Morgan fingerprint density at radius 2 is 1.70 bits per heavy atom. The summed E-state index contributed by atoms with van der Waals surface area (Å²) >= 11 is 0. The van der Waals surface area contributed by atoms with Crippen LogP contribution in [0.3, 0.4) is 0 Å². The second-order valence-electron chi connectivity index (χ2n) is 9.46. The SMILES string of the molecule is CCN(CC)C(=O)c1cccc(CCc2ccc(NC[C@@H]3CCCN3)c(Oc3ccc(OC)cc3)c2)c1. The van der Waals surface area contributed by atoms with Crippen LogP contribution in [0.2, 0.25) is 0 Å². The number of amides is 1. The molecule has 3 aromatic carbocycles. The first-order valence-electron chi connectivity index (χ1n) is 13.4. The van der Waals surface area contributed by atoms with Crippen LogP contribution in [0.4, 0.5) is 5.69 Å². The lowest BCUT2D eigenvalue weighted by Crippen LogP contribution is -2.30. The lowest BCUT2D eigenvalue weighted by atomic mass is 10.0. The van der Waals surface area contributed by atoms with Crippen molar-refractivity contribution in [2.45, 2.75) is 45.6 Å². The van der Waals surface area contributed by atoms with Crippen molar-refractivity contribution in [3.8, 4) is 17.2 Å². The van der Waals surface area contributed by atoms with Gasteiger partial charge in [0, 0.05) is 31.2 Å². The first kappa shape index (κ1) is 26.6. The molecule has 0 aromatic heterocycles. The number of carbonyl (C=O) groups is 1. The molecule has 0 saturated carbocycles. The Balaban J connectivity index is 1.48. The molecule has 0 aliphatic carbocycles. The van der Waals surface area contributed by atoms with Gasteiger partial charge in [0.2, 0.25) is 0 Å². The van der Waals surface area contributed by atoms with Gasteiger partial charge >= 0.3 is 0 Å². The van der Waals surface area contributed by atoms with Crippen LogP contribution in [0, 0.1) is 0 Å². The number of anilines is 1. The van der Waals surface area contributed by atoms with Crippen LogP contribution in [-0.2, 0) is 12.8 Å². The van der Waals surface area contributed by atoms with E-state index in [1.165, 1.54) is 18.4 Å². The van der Waals surface area contributed by atoms with Crippen LogP contribution in [0.5, 0.6) is 17.2 Å². The molecule has 1 amide bonds. The second kappa shape index (κ2) is 13.2. The molecular weight excluding hydrogens is 462 g/mol. The third kappa shape index (κ3) is 7.26. The Hall–Kier alpha value is -3.51. The highest BCUT2D eigenvalue weighted by Crippen LogP contribution is 2.32. The van der Waals surface area contributed by atoms with E-state index >= 15 is 0 Å². The van der Waals surface area contributed by atoms with Crippen LogP contribution in [0.25, 0.3) is 0 Å². The molecule has 1 aliphatic heterocycles. The number of rotatable bonds is 12. The molecular formula is C31H39N3O3. The molecule has 0 bridgehead atoms. The number of methoxy groups -OCH3 is 1. The highest BCUT2D eigenvalue weighted by Gasteiger charge is 2.16. The van der Waals surface area contributed by atoms with Crippen LogP contribution in [0.1, 0.15) is 48.2 Å². The summed E-state index contributed by atoms with van der Waals surface area (Å²) in [4.78, 5) is 14.6. The van der Waals surface area contributed by atoms with Crippen molar-refractivity contribution in [2.24, 2.45) is 0 Å². The van der Waals surface area contributed by atoms with Gasteiger partial charge in [-0.2, -0.15) is 0 Å². The van der Waals surface area contributed by atoms with E-state index in [1.807, 2.05) is 61.2 Å². The number of nitrogens with one attached hydrogen (secondary N) is 2. The van der Waals surface area contributed by atoms with Crippen molar-refractivity contribution in [1.82, 2.24) is 10.2 Å². The lowest BCUT2D eigenvalue weighted by Gasteiger charge is -2.19. The highest BCUT2D eigenvalue weighted by atomic mass is 16.5. The van der Waals surface area contributed by atoms with E-state index in [0.717, 1.165) is 60.0 Å². The summed E-state index contributed by atoms with van der Waals surface area (Å²) in [5, 5.41) is 7.13. The van der Waals surface area contributed by atoms with Crippen molar-refractivity contribution in [3.05, 3.63) is 83.4 Å². The first-order chi connectivity index (χ1) is 18.1. The molecule has 6 heteroatoms. The van der Waals surface area contributed by atoms with Gasteiger partial charge in [0.15, 0.2) is 5.75 Å². The number of benzene rings is 3. The molecule has 4 rings (SSSR count). The van der Waals surface area contributed by atoms with Gasteiger partial charge in [0.05, 0.1) is 12.8 Å². The maximum atomic E-state index is 12.8. The lowest BCUT2D eigenvalue weighted by molar-refractivity contribution is 0.0773. The van der Waals surface area contributed by atoms with Crippen molar-refractivity contribution in [2.75, 3.05) is 38.6 Å². The summed E-state index contributed by atoms with van der Waals surface area (Å²) < 4.78 is 11.6. The Morgan fingerprint density at radius 3 is 2.38 bits per heavy atom. The Morgan fingerprint density at radius 1 is 0.973 bits per heavy atom. The van der Waals surface area contributed by atoms with Crippen LogP contribution < -0.4 is 20.1 Å². The van der Waals surface area contributed by atoms with E-state index in [4.69, 9.17) is 9.47 Å². The summed E-state index contributed by atoms with van der Waals surface area (Å²) in [6.07, 6.45) is 4.12. The molecule has 2 N–H and O–H groups in total. The fraction of sp³-hybridized carbons (Fsp3) is 0.387. The van der Waals surface area contributed by atoms with Gasteiger partial charge in [-0.05, 0) is 106 Å². The van der Waals surface area contributed by atoms with E-state index in [-0.39, 0.29) is 5.91 Å². The molecule has 0 spiro atoms. The zero-order valence-corrected chi connectivity index (χ0v) is 22.3. The van der Waals surface area contributed by atoms with Gasteiger partial charge in [-0.15, -0.1) is 0 Å². The smallest absolute Gasteiger partial charge is 0.253 e. The third-order valence-corrected chi connectivity index (χ3v) is 6.96. The van der Waals surface area contributed by atoms with Crippen LogP contribution in [0.15, 0.2) is 66.7 Å². The molecule has 1 saturated heterocycles. The summed E-state index contributed by atoms with van der Waals surface area (Å²) in [7, 11) is 1.66. The van der Waals surface area contributed by atoms with E-state index in [1.54, 1.807) is 7.11 Å². The molecule has 3 aromatic rings. The predicted octanol–water partition coefficient (Wildman–Crippen LogP) is 5.92. The Kier molecular flexibility index (Phi) is 9.44. The highest BCUT2D eigenvalue weighted by molar-refractivity contribution is 5.94. The average Bonchev–Trinajstić information content (AvgIpc) is 3.46. The molecule has 0 radical (unpaired) electrons. The molecule has 1 fully saturated rings. The van der Waals surface area contributed by atoms with E-state index in [9.17, 15) is 4.79 Å². The predicted molar refractivity (Wildman–Crippen MR) is 150 cm³/mol. The van der Waals surface area contributed by atoms with Crippen LogP contribution >= 0.6 is 0 Å². The second-order valence-corrected chi connectivity index (χ2v) is 9.46. The molecule has 1 aliphatic rings. The van der Waals surface area contributed by atoms with E-state index in [0.29, 0.717) is 19.1 Å². The fourth-order valence-electron chi connectivity index (χ4n) is 4.73. The summed E-state index contributed by atoms with van der Waals surface area (Å²) in [6.45, 7) is 7.41. The summed E-state index contributed by atoms with van der Waals surface area (Å²) in [6, 6.07) is 22.6. The maximum absolute atomic E-state index is 12.8. The Bertz CT molecular complexity index is 1150. The molecule has 1 atom stereocenters. The number of nitrogens with zero attached hydrogens (tertiary/aromatic N) is 1. The summed E-state index contributed by atoms with van der Waals surface area (Å²) in [5.41, 5.74) is 4.09. The molecule has 1 heterocycles. The first-order valence-corrected chi connectivity index (χ1v) is 13.4. The number of hydrogen-bond donors (Lipinski definition) is 2. The van der Waals surface area contributed by atoms with Gasteiger partial charge < -0.3 is 25.0 Å². The zero-order valence-electron chi connectivity index (χ0n) is 22.3. The minimum atomic E-state index is 0.0919. The largest absolute Gasteiger partial charge is 0.497 e. The van der Waals surface area contributed by atoms with Gasteiger partial charge in [0.25, 0.3) is 5.91 Å². The quantitative estimate of drug-likeness (QED) is 0.323. The van der Waals surface area contributed by atoms with Crippen LogP contribution in [-0.4, -0.2) is 50.1 Å². The van der Waals surface area contributed by atoms with E-state index < -0.39 is 0 Å². The van der Waals surface area contributed by atoms with Crippen molar-refractivity contribution < 1.29 is 14.3 Å². The molecule has 6 nitrogen and oxygen atoms in total. The molecule has 37 heavy (non-hydrogen) atoms. The number of hydrogen-bond acceptors (Lipinski definition) is 5. The normalized spacial score (nSPS) is 14.8. The van der Waals surface area contributed by atoms with Crippen molar-refractivity contribution in [3.63, 3.8) is 0 Å². The number of ether oxygens (including phenoxy) is 2. The van der Waals surface area contributed by atoms with Crippen molar-refractivity contribution >= 4 is 11.6 Å². The minimum Gasteiger partial charge on any atom is -0.497 e. The topological polar surface area (TPSA) is 62.8 Å². The minimum absolute atomic E-state index is 0.0919. The standard InChI is InChI=1S/C31H39N3O3/c1-4-34(5-2)31(35)25-9-6-8-23(20-25)11-12-24-13-18-29(33-22-26-10-7-19-32-26)30(21-24)37-28-16-14-27(36-3)15-17-28/h6,8-9,13-18,20-21,26,32-33H,4-5,7,10-12,19,22H2,1-3H3/t26-/m0/s1. The van der Waals surface area contributed by atoms with Gasteiger partial charge in [-0.25, -0.2) is 0 Å². The van der Waals surface area contributed by atoms with Gasteiger partial charge in [-0.1, -0.05) is 18.2 Å². The fourth-order valence-corrected chi connectivity index (χ4v) is 4.73. The summed E-state index contributed by atoms with van der Waals surface area (Å²) in [5.74, 6) is 2.47. The van der Waals surface area contributed by atoms with Crippen molar-refractivity contribution in [1.29, 1.82) is 0 Å². The number of carbonyl (C=O) groups excluding carboxylic acids is 1. The van der Waals surface area contributed by atoms with E-state index in [2.05, 4.69) is 34.9 Å². The number of aryl methyl sites for hydroxylation is 2. The third-order valence-electron chi connectivity index (χ3n) is 6.96. The molecule has 0 unspecified atom stereocenters. The Labute approximate surface area is 221 Å². The average molecular weight is 502 g/mol. The molecule has 196 valence electrons. The maximum Gasteiger partial charge on any atom is 0.253 e.